The molecule has 98 valence electrons. The molecule has 0 fully saturated rings. The Bertz CT molecular complexity index is 664. The maximum absolute atomic E-state index is 11.4. The first-order valence-corrected chi connectivity index (χ1v) is 8.30. The Balaban J connectivity index is 2.71. The second-order valence-corrected chi connectivity index (χ2v) is 7.87. The van der Waals surface area contributed by atoms with E-state index in [0.717, 1.165) is 25.6 Å². The molecule has 1 amide bonds. The van der Waals surface area contributed by atoms with Gasteiger partial charge in [-0.3, -0.25) is 0 Å². The van der Waals surface area contributed by atoms with E-state index in [2.05, 4.69) is 5.32 Å². The molecule has 0 aliphatic rings. The third kappa shape index (κ3) is 3.15. The Morgan fingerprint density at radius 2 is 1.74 bits per heavy atom. The van der Waals surface area contributed by atoms with Gasteiger partial charge in [0.1, 0.15) is 0 Å². The average molecular weight is 369 g/mol. The third-order valence-corrected chi connectivity index (χ3v) is 5.14. The number of amides is 1. The van der Waals surface area contributed by atoms with Gasteiger partial charge in [0.15, 0.2) is 0 Å². The van der Waals surface area contributed by atoms with E-state index in [-0.39, 0.29) is 9.74 Å². The van der Waals surface area contributed by atoms with E-state index < -0.39 is 20.9 Å². The summed E-state index contributed by atoms with van der Waals surface area (Å²) in [6.07, 6.45) is 0. The zero-order valence-electron chi connectivity index (χ0n) is 11.1. The van der Waals surface area contributed by atoms with Gasteiger partial charge in [-0.05, 0) is 0 Å². The van der Waals surface area contributed by atoms with Crippen molar-refractivity contribution in [2.24, 2.45) is 0 Å². The predicted molar refractivity (Wildman–Crippen MR) is 79.1 cm³/mol. The Hall–Kier alpha value is -1.37. The summed E-state index contributed by atoms with van der Waals surface area (Å²) >= 11 is -0.926. The molecule has 0 radical (unpaired) electrons. The summed E-state index contributed by atoms with van der Waals surface area (Å²) in [6, 6.07) is 10.00. The van der Waals surface area contributed by atoms with Crippen molar-refractivity contribution in [3.63, 3.8) is 0 Å². The third-order valence-electron chi connectivity index (χ3n) is 2.77. The van der Waals surface area contributed by atoms with E-state index in [4.69, 9.17) is 0 Å². The number of hydrogen-bond donors (Lipinski definition) is 1. The van der Waals surface area contributed by atoms with Crippen molar-refractivity contribution in [3.8, 4) is 0 Å². The standard InChI is InChI=1S/C15H15NO2Te/c1-9-8-14(19-11(3)18)15(16-10(2)17)13-7-5-4-6-12(9)13/h4-8H,1-3H3,(H,16,17). The first-order valence-electron chi connectivity index (χ1n) is 5.97. The molecule has 0 spiro atoms. The molecule has 2 aromatic carbocycles. The van der Waals surface area contributed by atoms with Crippen LogP contribution in [0.2, 0.25) is 0 Å². The van der Waals surface area contributed by atoms with Crippen LogP contribution in [0.15, 0.2) is 30.3 Å². The van der Waals surface area contributed by atoms with Crippen LogP contribution in [0.4, 0.5) is 5.69 Å². The van der Waals surface area contributed by atoms with Gasteiger partial charge in [-0.15, -0.1) is 0 Å². The van der Waals surface area contributed by atoms with Gasteiger partial charge in [0.05, 0.1) is 0 Å². The summed E-state index contributed by atoms with van der Waals surface area (Å²) in [4.78, 5) is 22.8. The van der Waals surface area contributed by atoms with Crippen molar-refractivity contribution in [3.05, 3.63) is 35.9 Å². The van der Waals surface area contributed by atoms with Gasteiger partial charge in [-0.1, -0.05) is 0 Å². The Morgan fingerprint density at radius 1 is 1.11 bits per heavy atom. The van der Waals surface area contributed by atoms with Gasteiger partial charge in [0.2, 0.25) is 0 Å². The van der Waals surface area contributed by atoms with Crippen molar-refractivity contribution in [1.82, 2.24) is 0 Å². The van der Waals surface area contributed by atoms with Crippen molar-refractivity contribution in [1.29, 1.82) is 0 Å². The van der Waals surface area contributed by atoms with Crippen LogP contribution in [-0.4, -0.2) is 30.7 Å². The van der Waals surface area contributed by atoms with Crippen molar-refractivity contribution in [2.75, 3.05) is 5.32 Å². The Morgan fingerprint density at radius 3 is 2.32 bits per heavy atom. The molecule has 0 aromatic heterocycles. The van der Waals surface area contributed by atoms with E-state index >= 15 is 0 Å². The molecule has 4 heteroatoms. The van der Waals surface area contributed by atoms with E-state index in [0.29, 0.717) is 0 Å². The summed E-state index contributed by atoms with van der Waals surface area (Å²) in [6.45, 7) is 5.15. The molecule has 0 unspecified atom stereocenters. The van der Waals surface area contributed by atoms with Crippen molar-refractivity contribution >= 4 is 50.7 Å². The number of benzene rings is 2. The van der Waals surface area contributed by atoms with Crippen LogP contribution >= 0.6 is 0 Å². The van der Waals surface area contributed by atoms with Crippen molar-refractivity contribution in [2.45, 2.75) is 20.8 Å². The molecule has 19 heavy (non-hydrogen) atoms. The molecule has 0 saturated carbocycles. The molecule has 0 atom stereocenters. The van der Waals surface area contributed by atoms with Crippen molar-refractivity contribution < 1.29 is 9.59 Å². The zero-order chi connectivity index (χ0) is 14.0. The first-order chi connectivity index (χ1) is 8.99. The zero-order valence-corrected chi connectivity index (χ0v) is 13.4. The minimum absolute atomic E-state index is 0.105. The van der Waals surface area contributed by atoms with Gasteiger partial charge in [0.25, 0.3) is 0 Å². The number of carbonyl (C=O) groups excluding carboxylic acids is 2. The van der Waals surface area contributed by atoms with Gasteiger partial charge < -0.3 is 0 Å². The molecule has 0 heterocycles. The molecule has 2 rings (SSSR count). The van der Waals surface area contributed by atoms with Crippen LogP contribution < -0.4 is 8.93 Å². The molecule has 1 N–H and O–H groups in total. The fraction of sp³-hybridized carbons (Fsp3) is 0.200. The number of hydrogen-bond acceptors (Lipinski definition) is 2. The fourth-order valence-electron chi connectivity index (χ4n) is 2.06. The molecule has 0 aliphatic carbocycles. The first kappa shape index (κ1) is 14.0. The second kappa shape index (κ2) is 5.73. The van der Waals surface area contributed by atoms with E-state index in [1.807, 2.05) is 37.3 Å². The number of fused-ring (bicyclic) bond motifs is 1. The van der Waals surface area contributed by atoms with Crippen LogP contribution in [0.3, 0.4) is 0 Å². The molecular weight excluding hydrogens is 354 g/mol. The van der Waals surface area contributed by atoms with Gasteiger partial charge in [-0.2, -0.15) is 0 Å². The number of anilines is 1. The van der Waals surface area contributed by atoms with Crippen LogP contribution in [0.25, 0.3) is 10.8 Å². The molecule has 2 aromatic rings. The molecule has 0 saturated heterocycles. The average Bonchev–Trinajstić information content (AvgIpc) is 2.33. The number of aryl methyl sites for hydroxylation is 1. The second-order valence-electron chi connectivity index (χ2n) is 4.39. The van der Waals surface area contributed by atoms with E-state index in [1.54, 1.807) is 6.92 Å². The molecule has 0 bridgehead atoms. The Labute approximate surface area is 122 Å². The molecular formula is C15H15NO2Te. The van der Waals surface area contributed by atoms with Crippen LogP contribution in [0, 0.1) is 6.92 Å². The summed E-state index contributed by atoms with van der Waals surface area (Å²) < 4.78 is 1.22. The maximum atomic E-state index is 11.4. The summed E-state index contributed by atoms with van der Waals surface area (Å²) in [5.74, 6) is -0.105. The number of rotatable bonds is 3. The SMILES string of the molecule is CC(=O)Nc1c([Te]C(C)=O)cc(C)c2ccccc12. The summed E-state index contributed by atoms with van der Waals surface area (Å²) in [5.41, 5.74) is 1.96. The predicted octanol–water partition coefficient (Wildman–Crippen LogP) is 1.98. The Kier molecular flexibility index (Phi) is 4.24. The molecule has 0 aliphatic heterocycles. The van der Waals surface area contributed by atoms with Gasteiger partial charge >= 0.3 is 122 Å². The topological polar surface area (TPSA) is 46.2 Å². The molecule has 3 nitrogen and oxygen atoms in total. The van der Waals surface area contributed by atoms with Crippen LogP contribution in [0.1, 0.15) is 19.4 Å². The van der Waals surface area contributed by atoms with Gasteiger partial charge in [0, 0.05) is 0 Å². The monoisotopic (exact) mass is 371 g/mol. The fourth-order valence-corrected chi connectivity index (χ4v) is 4.37. The quantitative estimate of drug-likeness (QED) is 0.842. The number of nitrogens with one attached hydrogen (secondary N) is 1. The van der Waals surface area contributed by atoms with Gasteiger partial charge in [-0.25, -0.2) is 0 Å². The van der Waals surface area contributed by atoms with E-state index in [1.165, 1.54) is 6.92 Å². The normalized spacial score (nSPS) is 10.5. The summed E-state index contributed by atoms with van der Waals surface area (Å²) in [7, 11) is 0. The van der Waals surface area contributed by atoms with Crippen LogP contribution in [0.5, 0.6) is 0 Å². The number of carbonyl (C=O) groups is 2. The van der Waals surface area contributed by atoms with E-state index in [9.17, 15) is 9.59 Å². The summed E-state index contributed by atoms with van der Waals surface area (Å²) in [5, 5.41) is 5.02. The minimum atomic E-state index is -0.926. The van der Waals surface area contributed by atoms with Crippen LogP contribution in [-0.2, 0) is 9.59 Å².